The molecule has 0 amide bonds. The molecule has 0 bridgehead atoms. The third kappa shape index (κ3) is 4.67. The van der Waals surface area contributed by atoms with E-state index in [0.29, 0.717) is 19.6 Å². The number of hydrogen-bond acceptors (Lipinski definition) is 6. The summed E-state index contributed by atoms with van der Waals surface area (Å²) in [7, 11) is -2.04. The SMILES string of the molecule is COc1ccc(CN2CCCN(S(=O)(=O)c3ccc([N+](=O)[O-])cc3)CC2)cc1. The molecule has 150 valence electrons. The molecule has 0 aromatic heterocycles. The van der Waals surface area contributed by atoms with Gasteiger partial charge in [-0.15, -0.1) is 0 Å². The molecular weight excluding hydrogens is 382 g/mol. The van der Waals surface area contributed by atoms with Crippen molar-refractivity contribution in [2.24, 2.45) is 0 Å². The molecule has 9 heteroatoms. The number of sulfonamides is 1. The Morgan fingerprint density at radius 3 is 2.29 bits per heavy atom. The van der Waals surface area contributed by atoms with Crippen molar-refractivity contribution in [3.05, 3.63) is 64.2 Å². The van der Waals surface area contributed by atoms with Crippen molar-refractivity contribution in [1.82, 2.24) is 9.21 Å². The predicted molar refractivity (Wildman–Crippen MR) is 105 cm³/mol. The van der Waals surface area contributed by atoms with E-state index in [1.807, 2.05) is 24.3 Å². The van der Waals surface area contributed by atoms with Gasteiger partial charge in [0.2, 0.25) is 10.0 Å². The summed E-state index contributed by atoms with van der Waals surface area (Å²) >= 11 is 0. The van der Waals surface area contributed by atoms with Crippen molar-refractivity contribution >= 4 is 15.7 Å². The Morgan fingerprint density at radius 2 is 1.68 bits per heavy atom. The minimum atomic E-state index is -3.67. The van der Waals surface area contributed by atoms with Crippen molar-refractivity contribution < 1.29 is 18.1 Å². The molecule has 3 rings (SSSR count). The second kappa shape index (κ2) is 8.68. The van der Waals surface area contributed by atoms with Gasteiger partial charge < -0.3 is 4.74 Å². The van der Waals surface area contributed by atoms with E-state index in [1.165, 1.54) is 28.6 Å². The minimum absolute atomic E-state index is 0.0849. The lowest BCUT2D eigenvalue weighted by molar-refractivity contribution is -0.384. The third-order valence-corrected chi connectivity index (χ3v) is 6.71. The van der Waals surface area contributed by atoms with Crippen LogP contribution in [0.1, 0.15) is 12.0 Å². The Kier molecular flexibility index (Phi) is 6.28. The highest BCUT2D eigenvalue weighted by atomic mass is 32.2. The minimum Gasteiger partial charge on any atom is -0.497 e. The number of nitrogens with zero attached hydrogens (tertiary/aromatic N) is 3. The smallest absolute Gasteiger partial charge is 0.269 e. The van der Waals surface area contributed by atoms with Gasteiger partial charge in [0.1, 0.15) is 5.75 Å². The quantitative estimate of drug-likeness (QED) is 0.542. The van der Waals surface area contributed by atoms with Gasteiger partial charge in [-0.25, -0.2) is 8.42 Å². The van der Waals surface area contributed by atoms with E-state index < -0.39 is 14.9 Å². The standard InChI is InChI=1S/C19H23N3O5S/c1-27-18-7-3-16(4-8-18)15-20-11-2-12-21(14-13-20)28(25,26)19-9-5-17(6-10-19)22(23)24/h3-10H,2,11-15H2,1H3. The van der Waals surface area contributed by atoms with E-state index in [1.54, 1.807) is 7.11 Å². The fourth-order valence-corrected chi connectivity index (χ4v) is 4.69. The maximum Gasteiger partial charge on any atom is 0.269 e. The van der Waals surface area contributed by atoms with Crippen LogP contribution in [0.15, 0.2) is 53.4 Å². The van der Waals surface area contributed by atoms with E-state index in [4.69, 9.17) is 4.74 Å². The van der Waals surface area contributed by atoms with Crippen LogP contribution < -0.4 is 4.74 Å². The average molecular weight is 405 g/mol. The number of ether oxygens (including phenoxy) is 1. The maximum absolute atomic E-state index is 12.9. The van der Waals surface area contributed by atoms with Crippen LogP contribution in [0.5, 0.6) is 5.75 Å². The molecule has 0 radical (unpaired) electrons. The fourth-order valence-electron chi connectivity index (χ4n) is 3.22. The first-order valence-electron chi connectivity index (χ1n) is 9.00. The molecule has 0 N–H and O–H groups in total. The first-order chi connectivity index (χ1) is 13.4. The molecule has 0 aliphatic carbocycles. The highest BCUT2D eigenvalue weighted by Gasteiger charge is 2.27. The summed E-state index contributed by atoms with van der Waals surface area (Å²) in [5.41, 5.74) is 1.02. The van der Waals surface area contributed by atoms with Crippen molar-refractivity contribution in [3.8, 4) is 5.75 Å². The lowest BCUT2D eigenvalue weighted by Crippen LogP contribution is -2.35. The Bertz CT molecular complexity index is 914. The van der Waals surface area contributed by atoms with E-state index in [0.717, 1.165) is 30.8 Å². The Balaban J connectivity index is 1.65. The summed E-state index contributed by atoms with van der Waals surface area (Å²) in [5.74, 6) is 0.806. The number of nitro benzene ring substituents is 1. The largest absolute Gasteiger partial charge is 0.497 e. The number of nitro groups is 1. The number of benzene rings is 2. The molecule has 0 unspecified atom stereocenters. The topological polar surface area (TPSA) is 93.0 Å². The Morgan fingerprint density at radius 1 is 1.00 bits per heavy atom. The monoisotopic (exact) mass is 405 g/mol. The van der Waals surface area contributed by atoms with Crippen molar-refractivity contribution in [2.75, 3.05) is 33.3 Å². The third-order valence-electron chi connectivity index (χ3n) is 4.80. The van der Waals surface area contributed by atoms with Gasteiger partial charge in [0, 0.05) is 38.3 Å². The predicted octanol–water partition coefficient (Wildman–Crippen LogP) is 2.50. The zero-order valence-corrected chi connectivity index (χ0v) is 16.5. The molecule has 2 aromatic rings. The average Bonchev–Trinajstić information content (AvgIpc) is 2.95. The number of rotatable bonds is 6. The summed E-state index contributed by atoms with van der Waals surface area (Å²) in [6.07, 6.45) is 0.725. The zero-order valence-electron chi connectivity index (χ0n) is 15.7. The maximum atomic E-state index is 12.9. The summed E-state index contributed by atoms with van der Waals surface area (Å²) < 4.78 is 32.4. The molecular formula is C19H23N3O5S. The molecule has 28 heavy (non-hydrogen) atoms. The van der Waals surface area contributed by atoms with Crippen molar-refractivity contribution in [2.45, 2.75) is 17.9 Å². The lowest BCUT2D eigenvalue weighted by Gasteiger charge is -2.22. The first kappa shape index (κ1) is 20.2. The number of hydrogen-bond donors (Lipinski definition) is 0. The number of methoxy groups -OCH3 is 1. The summed E-state index contributed by atoms with van der Waals surface area (Å²) in [5, 5.41) is 10.8. The first-order valence-corrected chi connectivity index (χ1v) is 10.4. The molecule has 0 atom stereocenters. The van der Waals surface area contributed by atoms with Crippen LogP contribution in [0.4, 0.5) is 5.69 Å². The highest BCUT2D eigenvalue weighted by Crippen LogP contribution is 2.21. The van der Waals surface area contributed by atoms with Gasteiger partial charge in [0.15, 0.2) is 0 Å². The van der Waals surface area contributed by atoms with Crippen LogP contribution in [-0.4, -0.2) is 55.8 Å². The Hall–Kier alpha value is -2.49. The van der Waals surface area contributed by atoms with Crippen LogP contribution in [0.25, 0.3) is 0 Å². The van der Waals surface area contributed by atoms with Gasteiger partial charge in [0.05, 0.1) is 16.9 Å². The normalized spacial score (nSPS) is 16.5. The molecule has 0 saturated carbocycles. The number of non-ortho nitro benzene ring substituents is 1. The molecule has 1 saturated heterocycles. The van der Waals surface area contributed by atoms with Crippen LogP contribution in [0, 0.1) is 10.1 Å². The van der Waals surface area contributed by atoms with Gasteiger partial charge in [-0.2, -0.15) is 4.31 Å². The van der Waals surface area contributed by atoms with Gasteiger partial charge in [-0.1, -0.05) is 12.1 Å². The lowest BCUT2D eigenvalue weighted by atomic mass is 10.2. The molecule has 0 spiro atoms. The van der Waals surface area contributed by atoms with Gasteiger partial charge >= 0.3 is 0 Å². The van der Waals surface area contributed by atoms with Crippen LogP contribution >= 0.6 is 0 Å². The van der Waals surface area contributed by atoms with Crippen LogP contribution in [0.3, 0.4) is 0 Å². The van der Waals surface area contributed by atoms with Gasteiger partial charge in [-0.05, 0) is 42.8 Å². The summed E-state index contributed by atoms with van der Waals surface area (Å²) in [6, 6.07) is 12.9. The van der Waals surface area contributed by atoms with Crippen LogP contribution in [0.2, 0.25) is 0 Å². The van der Waals surface area contributed by atoms with Crippen molar-refractivity contribution in [3.63, 3.8) is 0 Å². The summed E-state index contributed by atoms with van der Waals surface area (Å²) in [4.78, 5) is 12.5. The fraction of sp³-hybridized carbons (Fsp3) is 0.368. The molecule has 2 aromatic carbocycles. The van der Waals surface area contributed by atoms with Gasteiger partial charge in [-0.3, -0.25) is 15.0 Å². The van der Waals surface area contributed by atoms with E-state index in [9.17, 15) is 18.5 Å². The Labute approximate surface area is 164 Å². The molecule has 8 nitrogen and oxygen atoms in total. The zero-order chi connectivity index (χ0) is 20.1. The second-order valence-corrected chi connectivity index (χ2v) is 8.57. The molecule has 1 aliphatic heterocycles. The highest BCUT2D eigenvalue weighted by molar-refractivity contribution is 7.89. The van der Waals surface area contributed by atoms with E-state index in [2.05, 4.69) is 4.90 Å². The summed E-state index contributed by atoms with van der Waals surface area (Å²) in [6.45, 7) is 2.99. The van der Waals surface area contributed by atoms with Crippen LogP contribution in [-0.2, 0) is 16.6 Å². The second-order valence-electron chi connectivity index (χ2n) is 6.63. The van der Waals surface area contributed by atoms with Gasteiger partial charge in [0.25, 0.3) is 5.69 Å². The van der Waals surface area contributed by atoms with E-state index >= 15 is 0 Å². The van der Waals surface area contributed by atoms with E-state index in [-0.39, 0.29) is 10.6 Å². The molecule has 1 fully saturated rings. The molecule has 1 aliphatic rings. The molecule has 1 heterocycles. The van der Waals surface area contributed by atoms with Crippen molar-refractivity contribution in [1.29, 1.82) is 0 Å².